The summed E-state index contributed by atoms with van der Waals surface area (Å²) in [5, 5.41) is 11.2. The van der Waals surface area contributed by atoms with Gasteiger partial charge in [-0.1, -0.05) is 6.07 Å². The normalized spacial score (nSPS) is 19.0. The van der Waals surface area contributed by atoms with Crippen molar-refractivity contribution < 1.29 is 19.0 Å². The van der Waals surface area contributed by atoms with Gasteiger partial charge in [0.1, 0.15) is 28.6 Å². The van der Waals surface area contributed by atoms with Crippen molar-refractivity contribution in [2.24, 2.45) is 5.92 Å². The summed E-state index contributed by atoms with van der Waals surface area (Å²) < 4.78 is 19.1. The highest BCUT2D eigenvalue weighted by Crippen LogP contribution is 2.37. The number of aromatic nitrogens is 1. The average Bonchev–Trinajstić information content (AvgIpc) is 2.89. The van der Waals surface area contributed by atoms with Crippen molar-refractivity contribution in [3.05, 3.63) is 92.2 Å². The fourth-order valence-corrected chi connectivity index (χ4v) is 5.78. The number of piperidine rings is 1. The van der Waals surface area contributed by atoms with Gasteiger partial charge >= 0.3 is 0 Å². The maximum atomic E-state index is 13.4. The lowest BCUT2D eigenvalue weighted by molar-refractivity contribution is 0.113. The Bertz CT molecular complexity index is 1600. The summed E-state index contributed by atoms with van der Waals surface area (Å²) in [7, 11) is 1.58. The number of benzene rings is 2. The molecule has 1 fully saturated rings. The van der Waals surface area contributed by atoms with Gasteiger partial charge in [-0.15, -0.1) is 0 Å². The van der Waals surface area contributed by atoms with Crippen LogP contribution in [0.5, 0.6) is 23.0 Å². The zero-order chi connectivity index (χ0) is 25.7. The van der Waals surface area contributed by atoms with E-state index in [1.54, 1.807) is 56.5 Å². The van der Waals surface area contributed by atoms with Crippen molar-refractivity contribution in [3.63, 3.8) is 0 Å². The Hall–Kier alpha value is -4.04. The number of fused-ring (bicyclic) bond motifs is 5. The van der Waals surface area contributed by atoms with Gasteiger partial charge in [-0.3, -0.25) is 14.5 Å². The van der Waals surface area contributed by atoms with Crippen LogP contribution >= 0.6 is 0 Å². The molecule has 2 aromatic heterocycles. The lowest BCUT2D eigenvalue weighted by Crippen LogP contribution is -2.46. The molecule has 190 valence electrons. The number of likely N-dealkylation sites (tertiary alicyclic amines) is 1. The van der Waals surface area contributed by atoms with E-state index in [0.717, 1.165) is 25.2 Å². The average molecular weight is 501 g/mol. The highest BCUT2D eigenvalue weighted by atomic mass is 16.5. The molecule has 0 radical (unpaired) electrons. The first kappa shape index (κ1) is 23.4. The van der Waals surface area contributed by atoms with E-state index in [0.29, 0.717) is 52.8 Å². The van der Waals surface area contributed by atoms with Crippen molar-refractivity contribution in [1.29, 1.82) is 0 Å². The third-order valence-corrected chi connectivity index (χ3v) is 7.48. The van der Waals surface area contributed by atoms with Crippen LogP contribution in [0.4, 0.5) is 0 Å². The Balaban J connectivity index is 1.32. The molecule has 1 saturated heterocycles. The zero-order valence-corrected chi connectivity index (χ0v) is 20.8. The smallest absolute Gasteiger partial charge is 0.250 e. The van der Waals surface area contributed by atoms with Crippen LogP contribution in [0.15, 0.2) is 68.6 Å². The number of aryl methyl sites for hydroxylation is 1. The third-order valence-electron chi connectivity index (χ3n) is 7.48. The first-order chi connectivity index (χ1) is 17.9. The number of pyridine rings is 1. The maximum absolute atomic E-state index is 13.4. The summed E-state index contributed by atoms with van der Waals surface area (Å²) >= 11 is 0. The Morgan fingerprint density at radius 2 is 1.78 bits per heavy atom. The van der Waals surface area contributed by atoms with E-state index >= 15 is 0 Å². The van der Waals surface area contributed by atoms with Gasteiger partial charge in [0.05, 0.1) is 18.1 Å². The molecule has 0 saturated carbocycles. The van der Waals surface area contributed by atoms with E-state index in [9.17, 15) is 14.7 Å². The summed E-state index contributed by atoms with van der Waals surface area (Å²) in [6.45, 7) is 4.39. The van der Waals surface area contributed by atoms with Crippen LogP contribution in [-0.4, -0.2) is 34.8 Å². The molecule has 2 bridgehead atoms. The monoisotopic (exact) mass is 500 g/mol. The lowest BCUT2D eigenvalue weighted by Gasteiger charge is -2.42. The van der Waals surface area contributed by atoms with Gasteiger partial charge in [0.25, 0.3) is 5.56 Å². The molecule has 4 heterocycles. The van der Waals surface area contributed by atoms with Gasteiger partial charge in [0.15, 0.2) is 0 Å². The molecule has 0 aliphatic carbocycles. The van der Waals surface area contributed by atoms with Crippen LogP contribution in [-0.2, 0) is 13.1 Å². The van der Waals surface area contributed by atoms with Crippen LogP contribution in [0.2, 0.25) is 0 Å². The zero-order valence-electron chi connectivity index (χ0n) is 20.8. The number of rotatable bonds is 5. The van der Waals surface area contributed by atoms with Crippen molar-refractivity contribution in [2.45, 2.75) is 32.4 Å². The Morgan fingerprint density at radius 3 is 2.57 bits per heavy atom. The van der Waals surface area contributed by atoms with E-state index < -0.39 is 0 Å². The fraction of sp³-hybridized carbons (Fsp3) is 0.310. The third kappa shape index (κ3) is 4.17. The topological polar surface area (TPSA) is 94.1 Å². The van der Waals surface area contributed by atoms with Crippen molar-refractivity contribution in [1.82, 2.24) is 9.47 Å². The van der Waals surface area contributed by atoms with E-state index in [1.807, 2.05) is 16.7 Å². The first-order valence-corrected chi connectivity index (χ1v) is 12.4. The fourth-order valence-electron chi connectivity index (χ4n) is 5.78. The van der Waals surface area contributed by atoms with Crippen LogP contribution in [0.3, 0.4) is 0 Å². The molecule has 2 aromatic carbocycles. The standard InChI is InChI=1S/C29H28N2O6/c1-17-28(37-21-8-6-20(35-2)7-9-21)27(34)22-10-11-25(32)23(29(22)36-17)16-30-13-18-12-19(15-30)24-4-3-5-26(33)31(24)14-18/h3-11,18-19,32H,12-16H2,1-2H3/t18-,19+/m1/s1. The van der Waals surface area contributed by atoms with E-state index in [1.165, 1.54) is 0 Å². The number of phenolic OH excluding ortho intramolecular Hbond substituents is 1. The summed E-state index contributed by atoms with van der Waals surface area (Å²) in [5.41, 5.74) is 1.78. The van der Waals surface area contributed by atoms with Gasteiger partial charge in [-0.2, -0.15) is 0 Å². The second kappa shape index (κ2) is 9.12. The number of hydrogen-bond acceptors (Lipinski definition) is 7. The van der Waals surface area contributed by atoms with Crippen molar-refractivity contribution >= 4 is 11.0 Å². The van der Waals surface area contributed by atoms with E-state index in [4.69, 9.17) is 13.9 Å². The van der Waals surface area contributed by atoms with E-state index in [-0.39, 0.29) is 28.4 Å². The molecule has 1 N–H and O–H groups in total. The molecule has 4 aromatic rings. The Kier molecular flexibility index (Phi) is 5.76. The molecule has 6 rings (SSSR count). The van der Waals surface area contributed by atoms with E-state index in [2.05, 4.69) is 4.90 Å². The number of aromatic hydroxyl groups is 1. The molecule has 37 heavy (non-hydrogen) atoms. The van der Waals surface area contributed by atoms with Crippen LogP contribution < -0.4 is 20.5 Å². The number of nitrogens with zero attached hydrogens (tertiary/aromatic N) is 2. The van der Waals surface area contributed by atoms with Gasteiger partial charge < -0.3 is 23.6 Å². The number of methoxy groups -OCH3 is 1. The number of phenols is 1. The second-order valence-electron chi connectivity index (χ2n) is 9.93. The molecular formula is C29H28N2O6. The quantitative estimate of drug-likeness (QED) is 0.434. The van der Waals surface area contributed by atoms with Gasteiger partial charge in [-0.05, 0) is 61.7 Å². The predicted octanol–water partition coefficient (Wildman–Crippen LogP) is 4.39. The number of hydrogen-bond donors (Lipinski definition) is 1. The molecule has 2 aliphatic rings. The van der Waals surface area contributed by atoms with Crippen LogP contribution in [0, 0.1) is 12.8 Å². The van der Waals surface area contributed by atoms with Gasteiger partial charge in [0.2, 0.25) is 11.2 Å². The Morgan fingerprint density at radius 1 is 1.00 bits per heavy atom. The molecule has 0 amide bonds. The van der Waals surface area contributed by atoms with Gasteiger partial charge in [-0.25, -0.2) is 0 Å². The summed E-state index contributed by atoms with van der Waals surface area (Å²) in [6, 6.07) is 15.6. The largest absolute Gasteiger partial charge is 0.507 e. The minimum absolute atomic E-state index is 0.0530. The van der Waals surface area contributed by atoms with Crippen LogP contribution in [0.1, 0.15) is 29.4 Å². The Labute approximate surface area is 213 Å². The van der Waals surface area contributed by atoms with Gasteiger partial charge in [0, 0.05) is 43.9 Å². The molecule has 8 heteroatoms. The summed E-state index contributed by atoms with van der Waals surface area (Å²) in [6.07, 6.45) is 1.04. The lowest BCUT2D eigenvalue weighted by atomic mass is 9.83. The number of ether oxygens (including phenoxy) is 2. The van der Waals surface area contributed by atoms with Crippen molar-refractivity contribution in [3.8, 4) is 23.0 Å². The molecule has 0 unspecified atom stereocenters. The molecule has 2 atom stereocenters. The van der Waals surface area contributed by atoms with Crippen molar-refractivity contribution in [2.75, 3.05) is 20.2 Å². The SMILES string of the molecule is COc1ccc(Oc2c(C)oc3c(CN4C[C@H]5C[C@@H](C4)c4cccc(=O)n4C5)c(O)ccc3c2=O)cc1. The van der Waals surface area contributed by atoms with Crippen LogP contribution in [0.25, 0.3) is 11.0 Å². The summed E-state index contributed by atoms with van der Waals surface area (Å²) in [4.78, 5) is 28.1. The first-order valence-electron chi connectivity index (χ1n) is 12.4. The molecular weight excluding hydrogens is 472 g/mol. The minimum atomic E-state index is -0.292. The predicted molar refractivity (Wildman–Crippen MR) is 139 cm³/mol. The highest BCUT2D eigenvalue weighted by molar-refractivity contribution is 5.83. The maximum Gasteiger partial charge on any atom is 0.250 e. The molecule has 0 spiro atoms. The minimum Gasteiger partial charge on any atom is -0.507 e. The molecule has 2 aliphatic heterocycles. The second-order valence-corrected chi connectivity index (χ2v) is 9.93. The highest BCUT2D eigenvalue weighted by Gasteiger charge is 2.35. The molecule has 8 nitrogen and oxygen atoms in total. The summed E-state index contributed by atoms with van der Waals surface area (Å²) in [5.74, 6) is 2.32.